The van der Waals surface area contributed by atoms with Crippen LogP contribution in [0, 0.1) is 0 Å². The molecule has 7 nitrogen and oxygen atoms in total. The number of rotatable bonds is 5. The highest BCUT2D eigenvalue weighted by Gasteiger charge is 2.19. The molecule has 1 aliphatic heterocycles. The van der Waals surface area contributed by atoms with Crippen molar-refractivity contribution < 1.29 is 4.79 Å². The zero-order chi connectivity index (χ0) is 16.4. The van der Waals surface area contributed by atoms with Crippen molar-refractivity contribution >= 4 is 22.9 Å². The number of benzene rings is 1. The van der Waals surface area contributed by atoms with Crippen LogP contribution in [0.15, 0.2) is 36.9 Å². The molecule has 2 aromatic heterocycles. The number of aromatic nitrogens is 4. The van der Waals surface area contributed by atoms with Crippen molar-refractivity contribution in [3.63, 3.8) is 0 Å². The fourth-order valence-electron chi connectivity index (χ4n) is 2.94. The summed E-state index contributed by atoms with van der Waals surface area (Å²) in [5.41, 5.74) is 3.77. The quantitative estimate of drug-likeness (QED) is 0.751. The van der Waals surface area contributed by atoms with E-state index in [0.29, 0.717) is 25.2 Å². The average Bonchev–Trinajstić information content (AvgIpc) is 3.24. The summed E-state index contributed by atoms with van der Waals surface area (Å²) in [6, 6.07) is 8.31. The topological polar surface area (TPSA) is 86.8 Å². The molecule has 7 heteroatoms. The van der Waals surface area contributed by atoms with E-state index >= 15 is 0 Å². The molecule has 0 radical (unpaired) electrons. The smallest absolute Gasteiger partial charge is 0.222 e. The van der Waals surface area contributed by atoms with E-state index in [4.69, 9.17) is 0 Å². The molecule has 1 fully saturated rings. The Morgan fingerprint density at radius 3 is 2.75 bits per heavy atom. The van der Waals surface area contributed by atoms with Gasteiger partial charge < -0.3 is 15.2 Å². The molecule has 2 N–H and O–H groups in total. The number of amides is 1. The lowest BCUT2D eigenvalue weighted by atomic mass is 10.1. The Bertz CT molecular complexity index is 857. The standard InChI is InChI=1S/C17H18N6O/c24-14-2-1-7-23(14)9-13-5-3-12(4-6-13)8-18-16-15-17(20-10-19-15)22-11-21-16/h3-6,10-11H,1-2,7-9H2,(H2,18,19,20,21,22). The first-order valence-corrected chi connectivity index (χ1v) is 8.03. The number of aromatic amines is 1. The fourth-order valence-corrected chi connectivity index (χ4v) is 2.94. The molecule has 0 bridgehead atoms. The summed E-state index contributed by atoms with van der Waals surface area (Å²) in [5, 5.41) is 3.30. The van der Waals surface area contributed by atoms with Crippen LogP contribution in [0.4, 0.5) is 5.82 Å². The number of carbonyl (C=O) groups is 1. The van der Waals surface area contributed by atoms with Gasteiger partial charge in [-0.15, -0.1) is 0 Å². The first kappa shape index (κ1) is 14.6. The minimum Gasteiger partial charge on any atom is -0.364 e. The highest BCUT2D eigenvalue weighted by Crippen LogP contribution is 2.17. The fraction of sp³-hybridized carbons (Fsp3) is 0.294. The number of nitrogens with one attached hydrogen (secondary N) is 2. The van der Waals surface area contributed by atoms with Crippen molar-refractivity contribution in [1.29, 1.82) is 0 Å². The summed E-state index contributed by atoms with van der Waals surface area (Å²) >= 11 is 0. The van der Waals surface area contributed by atoms with Crippen LogP contribution in [0.2, 0.25) is 0 Å². The van der Waals surface area contributed by atoms with E-state index in [1.807, 2.05) is 4.90 Å². The molecule has 0 unspecified atom stereocenters. The Morgan fingerprint density at radius 1 is 1.12 bits per heavy atom. The van der Waals surface area contributed by atoms with E-state index in [1.54, 1.807) is 6.33 Å². The molecule has 1 aromatic carbocycles. The zero-order valence-electron chi connectivity index (χ0n) is 13.2. The molecule has 3 heterocycles. The highest BCUT2D eigenvalue weighted by molar-refractivity contribution is 5.81. The lowest BCUT2D eigenvalue weighted by Crippen LogP contribution is -2.23. The first-order chi connectivity index (χ1) is 11.8. The molecule has 0 saturated carbocycles. The largest absolute Gasteiger partial charge is 0.364 e. The monoisotopic (exact) mass is 322 g/mol. The Morgan fingerprint density at radius 2 is 1.96 bits per heavy atom. The third-order valence-electron chi connectivity index (χ3n) is 4.25. The van der Waals surface area contributed by atoms with Crippen LogP contribution < -0.4 is 5.32 Å². The van der Waals surface area contributed by atoms with Gasteiger partial charge in [-0.3, -0.25) is 4.79 Å². The van der Waals surface area contributed by atoms with Crippen molar-refractivity contribution in [3.05, 3.63) is 48.0 Å². The first-order valence-electron chi connectivity index (χ1n) is 8.03. The Hall–Kier alpha value is -2.96. The van der Waals surface area contributed by atoms with E-state index in [0.717, 1.165) is 35.4 Å². The number of nitrogens with zero attached hydrogens (tertiary/aromatic N) is 4. The van der Waals surface area contributed by atoms with Gasteiger partial charge in [-0.1, -0.05) is 24.3 Å². The predicted octanol–water partition coefficient (Wildman–Crippen LogP) is 2.09. The summed E-state index contributed by atoms with van der Waals surface area (Å²) in [7, 11) is 0. The average molecular weight is 322 g/mol. The van der Waals surface area contributed by atoms with Gasteiger partial charge in [0.05, 0.1) is 6.33 Å². The number of likely N-dealkylation sites (tertiary alicyclic amines) is 1. The molecular weight excluding hydrogens is 304 g/mol. The summed E-state index contributed by atoms with van der Waals surface area (Å²) < 4.78 is 0. The normalized spacial score (nSPS) is 14.5. The minimum atomic E-state index is 0.257. The van der Waals surface area contributed by atoms with E-state index in [-0.39, 0.29) is 5.91 Å². The minimum absolute atomic E-state index is 0.257. The van der Waals surface area contributed by atoms with E-state index in [2.05, 4.69) is 49.5 Å². The van der Waals surface area contributed by atoms with Crippen molar-refractivity contribution in [1.82, 2.24) is 24.8 Å². The van der Waals surface area contributed by atoms with Gasteiger partial charge in [0.15, 0.2) is 11.5 Å². The van der Waals surface area contributed by atoms with Crippen LogP contribution in [-0.2, 0) is 17.9 Å². The van der Waals surface area contributed by atoms with Gasteiger partial charge in [0.1, 0.15) is 11.8 Å². The predicted molar refractivity (Wildman–Crippen MR) is 90.1 cm³/mol. The molecule has 0 spiro atoms. The number of imidazole rings is 1. The van der Waals surface area contributed by atoms with Gasteiger partial charge >= 0.3 is 0 Å². The Balaban J connectivity index is 1.40. The van der Waals surface area contributed by atoms with Crippen LogP contribution in [0.5, 0.6) is 0 Å². The summed E-state index contributed by atoms with van der Waals surface area (Å²) in [4.78, 5) is 29.1. The molecule has 122 valence electrons. The Labute approximate surface area is 139 Å². The molecule has 3 aromatic rings. The lowest BCUT2D eigenvalue weighted by Gasteiger charge is -2.15. The van der Waals surface area contributed by atoms with Crippen LogP contribution in [0.3, 0.4) is 0 Å². The van der Waals surface area contributed by atoms with Gasteiger partial charge in [-0.25, -0.2) is 15.0 Å². The molecule has 4 rings (SSSR count). The maximum atomic E-state index is 11.7. The summed E-state index contributed by atoms with van der Waals surface area (Å²) in [6.07, 6.45) is 4.77. The second kappa shape index (κ2) is 6.27. The number of H-pyrrole nitrogens is 1. The van der Waals surface area contributed by atoms with Crippen molar-refractivity contribution in [3.8, 4) is 0 Å². The molecule has 1 amide bonds. The number of hydrogen-bond donors (Lipinski definition) is 2. The van der Waals surface area contributed by atoms with Crippen LogP contribution >= 0.6 is 0 Å². The van der Waals surface area contributed by atoms with Crippen LogP contribution in [-0.4, -0.2) is 37.3 Å². The lowest BCUT2D eigenvalue weighted by molar-refractivity contribution is -0.128. The third kappa shape index (κ3) is 2.92. The van der Waals surface area contributed by atoms with Crippen molar-refractivity contribution in [2.75, 3.05) is 11.9 Å². The number of carbonyl (C=O) groups excluding carboxylic acids is 1. The summed E-state index contributed by atoms with van der Waals surface area (Å²) in [6.45, 7) is 2.23. The molecule has 24 heavy (non-hydrogen) atoms. The van der Waals surface area contributed by atoms with Gasteiger partial charge in [0.25, 0.3) is 0 Å². The SMILES string of the molecule is O=C1CCCN1Cc1ccc(CNc2ncnc3nc[nH]c23)cc1. The number of fused-ring (bicyclic) bond motifs is 1. The van der Waals surface area contributed by atoms with E-state index < -0.39 is 0 Å². The second-order valence-corrected chi connectivity index (χ2v) is 5.91. The van der Waals surface area contributed by atoms with Gasteiger partial charge in [0.2, 0.25) is 5.91 Å². The molecule has 0 atom stereocenters. The van der Waals surface area contributed by atoms with E-state index in [1.165, 1.54) is 6.33 Å². The van der Waals surface area contributed by atoms with Crippen molar-refractivity contribution in [2.24, 2.45) is 0 Å². The van der Waals surface area contributed by atoms with Crippen molar-refractivity contribution in [2.45, 2.75) is 25.9 Å². The molecule has 1 aliphatic rings. The van der Waals surface area contributed by atoms with Gasteiger partial charge in [-0.2, -0.15) is 0 Å². The molecule has 1 saturated heterocycles. The maximum absolute atomic E-state index is 11.7. The van der Waals surface area contributed by atoms with E-state index in [9.17, 15) is 4.79 Å². The summed E-state index contributed by atoms with van der Waals surface area (Å²) in [5.74, 6) is 0.998. The zero-order valence-corrected chi connectivity index (χ0v) is 13.2. The van der Waals surface area contributed by atoms with Crippen LogP contribution in [0.25, 0.3) is 11.2 Å². The van der Waals surface area contributed by atoms with Crippen LogP contribution in [0.1, 0.15) is 24.0 Å². The van der Waals surface area contributed by atoms with Gasteiger partial charge in [0, 0.05) is 26.1 Å². The highest BCUT2D eigenvalue weighted by atomic mass is 16.2. The molecule has 0 aliphatic carbocycles. The third-order valence-corrected chi connectivity index (χ3v) is 4.25. The number of anilines is 1. The maximum Gasteiger partial charge on any atom is 0.222 e. The second-order valence-electron chi connectivity index (χ2n) is 5.91. The Kier molecular flexibility index (Phi) is 3.82. The van der Waals surface area contributed by atoms with Gasteiger partial charge in [-0.05, 0) is 17.5 Å². The number of hydrogen-bond acceptors (Lipinski definition) is 5. The molecular formula is C17H18N6O.